The van der Waals surface area contributed by atoms with Gasteiger partial charge in [-0.05, 0) is 48.5 Å². The summed E-state index contributed by atoms with van der Waals surface area (Å²) in [4.78, 5) is 11.7. The molecule has 0 saturated carbocycles. The second kappa shape index (κ2) is 7.06. The van der Waals surface area contributed by atoms with E-state index < -0.39 is 0 Å². The van der Waals surface area contributed by atoms with Crippen molar-refractivity contribution >= 4 is 11.6 Å². The van der Waals surface area contributed by atoms with Gasteiger partial charge in [0, 0.05) is 5.69 Å². The number of halogens is 1. The fourth-order valence-corrected chi connectivity index (χ4v) is 1.64. The summed E-state index contributed by atoms with van der Waals surface area (Å²) in [5.74, 6) is -0.00898. The van der Waals surface area contributed by atoms with Crippen molar-refractivity contribution in [2.75, 3.05) is 11.9 Å². The molecule has 0 radical (unpaired) electrons. The maximum Gasteiger partial charge on any atom is 0.227 e. The largest absolute Gasteiger partial charge is 0.493 e. The van der Waals surface area contributed by atoms with Gasteiger partial charge in [-0.1, -0.05) is 0 Å². The predicted octanol–water partition coefficient (Wildman–Crippen LogP) is 3.10. The zero-order valence-corrected chi connectivity index (χ0v) is 11.2. The normalized spacial score (nSPS) is 9.71. The highest BCUT2D eigenvalue weighted by Crippen LogP contribution is 2.12. The summed E-state index contributed by atoms with van der Waals surface area (Å²) < 4.78 is 18.0. The molecule has 0 aliphatic rings. The van der Waals surface area contributed by atoms with Crippen LogP contribution in [0.15, 0.2) is 48.5 Å². The van der Waals surface area contributed by atoms with Crippen LogP contribution >= 0.6 is 0 Å². The van der Waals surface area contributed by atoms with Gasteiger partial charge in [0.15, 0.2) is 0 Å². The molecule has 21 heavy (non-hydrogen) atoms. The number of carbonyl (C=O) groups is 1. The van der Waals surface area contributed by atoms with Crippen LogP contribution < -0.4 is 10.1 Å². The summed E-state index contributed by atoms with van der Waals surface area (Å²) in [5.41, 5.74) is 1.16. The molecule has 1 amide bonds. The lowest BCUT2D eigenvalue weighted by molar-refractivity contribution is -0.116. The van der Waals surface area contributed by atoms with Gasteiger partial charge < -0.3 is 10.1 Å². The lowest BCUT2D eigenvalue weighted by atomic mass is 10.2. The number of anilines is 1. The molecule has 0 aliphatic carbocycles. The van der Waals surface area contributed by atoms with E-state index in [0.717, 1.165) is 0 Å². The first-order valence-electron chi connectivity index (χ1n) is 6.36. The number of benzene rings is 2. The molecule has 0 atom stereocenters. The molecule has 0 heterocycles. The van der Waals surface area contributed by atoms with Crippen LogP contribution in [0, 0.1) is 17.1 Å². The molecule has 2 rings (SSSR count). The Morgan fingerprint density at radius 2 is 1.81 bits per heavy atom. The SMILES string of the molecule is N#Cc1ccc(NC(=O)CCOc2ccc(F)cc2)cc1. The summed E-state index contributed by atoms with van der Waals surface area (Å²) in [6.45, 7) is 0.202. The van der Waals surface area contributed by atoms with Gasteiger partial charge in [0.2, 0.25) is 5.91 Å². The Kier molecular flexibility index (Phi) is 4.89. The van der Waals surface area contributed by atoms with Gasteiger partial charge in [-0.3, -0.25) is 4.79 Å². The summed E-state index contributed by atoms with van der Waals surface area (Å²) in [6.07, 6.45) is 0.178. The van der Waals surface area contributed by atoms with E-state index in [0.29, 0.717) is 17.0 Å². The van der Waals surface area contributed by atoms with Crippen LogP contribution in [0.4, 0.5) is 10.1 Å². The minimum atomic E-state index is -0.332. The lowest BCUT2D eigenvalue weighted by Crippen LogP contribution is -2.15. The van der Waals surface area contributed by atoms with E-state index in [1.165, 1.54) is 24.3 Å². The van der Waals surface area contributed by atoms with E-state index in [2.05, 4.69) is 5.32 Å². The molecule has 1 N–H and O–H groups in total. The molecule has 0 aliphatic heterocycles. The molecule has 0 unspecified atom stereocenters. The lowest BCUT2D eigenvalue weighted by Gasteiger charge is -2.07. The Hall–Kier alpha value is -2.87. The Morgan fingerprint density at radius 1 is 1.14 bits per heavy atom. The average Bonchev–Trinajstić information content (AvgIpc) is 2.50. The first-order chi connectivity index (χ1) is 10.2. The van der Waals surface area contributed by atoms with Gasteiger partial charge in [-0.15, -0.1) is 0 Å². The number of hydrogen-bond acceptors (Lipinski definition) is 3. The maximum absolute atomic E-state index is 12.7. The number of carbonyl (C=O) groups excluding carboxylic acids is 1. The molecule has 2 aromatic rings. The molecular weight excluding hydrogens is 271 g/mol. The van der Waals surface area contributed by atoms with Crippen LogP contribution in [0.5, 0.6) is 5.75 Å². The minimum absolute atomic E-state index is 0.178. The van der Waals surface area contributed by atoms with Crippen molar-refractivity contribution in [2.45, 2.75) is 6.42 Å². The fourth-order valence-electron chi connectivity index (χ4n) is 1.64. The van der Waals surface area contributed by atoms with Gasteiger partial charge >= 0.3 is 0 Å². The van der Waals surface area contributed by atoms with Crippen molar-refractivity contribution < 1.29 is 13.9 Å². The molecule has 0 fully saturated rings. The number of amides is 1. The van der Waals surface area contributed by atoms with Crippen molar-refractivity contribution in [3.8, 4) is 11.8 Å². The minimum Gasteiger partial charge on any atom is -0.493 e. The number of nitrogens with one attached hydrogen (secondary N) is 1. The zero-order chi connectivity index (χ0) is 15.1. The Balaban J connectivity index is 1.76. The van der Waals surface area contributed by atoms with Crippen LogP contribution in [0.25, 0.3) is 0 Å². The van der Waals surface area contributed by atoms with Crippen molar-refractivity contribution in [2.24, 2.45) is 0 Å². The van der Waals surface area contributed by atoms with E-state index >= 15 is 0 Å². The second-order valence-corrected chi connectivity index (χ2v) is 4.29. The monoisotopic (exact) mass is 284 g/mol. The standard InChI is InChI=1S/C16H13FN2O2/c17-13-3-7-15(8-4-13)21-10-9-16(20)19-14-5-1-12(11-18)2-6-14/h1-8H,9-10H2,(H,19,20). The van der Waals surface area contributed by atoms with Crippen LogP contribution in [0.2, 0.25) is 0 Å². The van der Waals surface area contributed by atoms with E-state index in [9.17, 15) is 9.18 Å². The Morgan fingerprint density at radius 3 is 2.43 bits per heavy atom. The third-order valence-corrected chi connectivity index (χ3v) is 2.71. The first-order valence-corrected chi connectivity index (χ1v) is 6.36. The van der Waals surface area contributed by atoms with Crippen LogP contribution in [-0.4, -0.2) is 12.5 Å². The quantitative estimate of drug-likeness (QED) is 0.917. The number of rotatable bonds is 5. The van der Waals surface area contributed by atoms with Crippen LogP contribution in [0.3, 0.4) is 0 Å². The number of nitriles is 1. The molecule has 0 bridgehead atoms. The van der Waals surface area contributed by atoms with Gasteiger partial charge in [0.25, 0.3) is 0 Å². The molecule has 0 spiro atoms. The number of ether oxygens (including phenoxy) is 1. The smallest absolute Gasteiger partial charge is 0.227 e. The van der Waals surface area contributed by atoms with Crippen molar-refractivity contribution in [3.05, 3.63) is 59.9 Å². The van der Waals surface area contributed by atoms with Crippen molar-refractivity contribution in [3.63, 3.8) is 0 Å². The highest BCUT2D eigenvalue weighted by atomic mass is 19.1. The van der Waals surface area contributed by atoms with Crippen LogP contribution in [-0.2, 0) is 4.79 Å². The number of nitrogens with zero attached hydrogens (tertiary/aromatic N) is 1. The van der Waals surface area contributed by atoms with Crippen molar-refractivity contribution in [1.29, 1.82) is 5.26 Å². The third-order valence-electron chi connectivity index (χ3n) is 2.71. The van der Waals surface area contributed by atoms with Gasteiger partial charge in [0.05, 0.1) is 24.7 Å². The third kappa shape index (κ3) is 4.62. The van der Waals surface area contributed by atoms with Gasteiger partial charge in [0.1, 0.15) is 11.6 Å². The highest BCUT2D eigenvalue weighted by Gasteiger charge is 2.03. The van der Waals surface area contributed by atoms with Gasteiger partial charge in [-0.2, -0.15) is 5.26 Å². The van der Waals surface area contributed by atoms with E-state index in [4.69, 9.17) is 10.00 Å². The predicted molar refractivity (Wildman–Crippen MR) is 76.3 cm³/mol. The summed E-state index contributed by atoms with van der Waals surface area (Å²) in [5, 5.41) is 11.4. The van der Waals surface area contributed by atoms with E-state index in [1.807, 2.05) is 6.07 Å². The Bertz CT molecular complexity index is 645. The molecular formula is C16H13FN2O2. The van der Waals surface area contributed by atoms with E-state index in [1.54, 1.807) is 24.3 Å². The molecule has 5 heteroatoms. The molecule has 0 aromatic heterocycles. The molecule has 4 nitrogen and oxygen atoms in total. The first kappa shape index (κ1) is 14.5. The van der Waals surface area contributed by atoms with Gasteiger partial charge in [-0.25, -0.2) is 4.39 Å². The molecule has 0 saturated heterocycles. The highest BCUT2D eigenvalue weighted by molar-refractivity contribution is 5.90. The summed E-state index contributed by atoms with van der Waals surface area (Å²) in [6, 6.07) is 14.2. The summed E-state index contributed by atoms with van der Waals surface area (Å²) >= 11 is 0. The maximum atomic E-state index is 12.7. The number of hydrogen-bond donors (Lipinski definition) is 1. The zero-order valence-electron chi connectivity index (χ0n) is 11.2. The molecule has 2 aromatic carbocycles. The second-order valence-electron chi connectivity index (χ2n) is 4.29. The molecule has 106 valence electrons. The Labute approximate surface area is 121 Å². The average molecular weight is 284 g/mol. The van der Waals surface area contributed by atoms with E-state index in [-0.39, 0.29) is 24.8 Å². The van der Waals surface area contributed by atoms with Crippen LogP contribution in [0.1, 0.15) is 12.0 Å². The fraction of sp³-hybridized carbons (Fsp3) is 0.125. The van der Waals surface area contributed by atoms with Crippen molar-refractivity contribution in [1.82, 2.24) is 0 Å². The topological polar surface area (TPSA) is 62.1 Å². The summed E-state index contributed by atoms with van der Waals surface area (Å²) in [7, 11) is 0.